The van der Waals surface area contributed by atoms with E-state index in [9.17, 15) is 9.59 Å². The number of halogens is 1. The molecule has 0 aliphatic rings. The molecule has 0 aliphatic heterocycles. The average Bonchev–Trinajstić information content (AvgIpc) is 2.67. The van der Waals surface area contributed by atoms with Gasteiger partial charge in [0.1, 0.15) is 6.61 Å². The second-order valence-corrected chi connectivity index (χ2v) is 7.81. The van der Waals surface area contributed by atoms with Crippen LogP contribution in [-0.4, -0.2) is 18.5 Å². The maximum absolute atomic E-state index is 12.7. The highest BCUT2D eigenvalue weighted by molar-refractivity contribution is 9.10. The van der Waals surface area contributed by atoms with Crippen LogP contribution in [-0.2, 0) is 25.7 Å². The number of carbonyl (C=O) groups is 2. The SMILES string of the molecule is CCCCCCCCOC(=O)C(CC)(CC)C(=O)OCc1cccc(Br)c1. The highest BCUT2D eigenvalue weighted by Gasteiger charge is 2.45. The second-order valence-electron chi connectivity index (χ2n) is 6.90. The van der Waals surface area contributed by atoms with E-state index in [0.717, 1.165) is 29.3 Å². The van der Waals surface area contributed by atoms with E-state index in [4.69, 9.17) is 9.47 Å². The number of rotatable bonds is 13. The fraction of sp³-hybridized carbons (Fsp3) is 0.636. The van der Waals surface area contributed by atoms with Gasteiger partial charge in [-0.25, -0.2) is 0 Å². The Morgan fingerprint density at radius 3 is 2.19 bits per heavy atom. The largest absolute Gasteiger partial charge is 0.465 e. The van der Waals surface area contributed by atoms with Crippen LogP contribution >= 0.6 is 15.9 Å². The molecule has 27 heavy (non-hydrogen) atoms. The van der Waals surface area contributed by atoms with Crippen molar-refractivity contribution in [2.45, 2.75) is 78.7 Å². The molecule has 1 rings (SSSR count). The summed E-state index contributed by atoms with van der Waals surface area (Å²) in [5.74, 6) is -0.958. The van der Waals surface area contributed by atoms with E-state index in [1.807, 2.05) is 38.1 Å². The lowest BCUT2D eigenvalue weighted by molar-refractivity contribution is -0.174. The van der Waals surface area contributed by atoms with Gasteiger partial charge in [-0.1, -0.05) is 80.9 Å². The Labute approximate surface area is 172 Å². The first-order valence-electron chi connectivity index (χ1n) is 10.1. The fourth-order valence-electron chi connectivity index (χ4n) is 3.01. The maximum Gasteiger partial charge on any atom is 0.323 e. The Hall–Kier alpha value is -1.36. The summed E-state index contributed by atoms with van der Waals surface area (Å²) in [5, 5.41) is 0. The van der Waals surface area contributed by atoms with Gasteiger partial charge in [0.2, 0.25) is 0 Å². The standard InChI is InChI=1S/C22H33BrO4/c1-4-7-8-9-10-11-15-26-20(24)22(5-2,6-3)21(25)27-17-18-13-12-14-19(23)16-18/h12-14,16H,4-11,15,17H2,1-3H3. The normalized spacial score (nSPS) is 11.3. The van der Waals surface area contributed by atoms with Crippen LogP contribution in [0, 0.1) is 5.41 Å². The van der Waals surface area contributed by atoms with Gasteiger partial charge in [0.05, 0.1) is 6.61 Å². The lowest BCUT2D eigenvalue weighted by atomic mass is 9.82. The number of benzene rings is 1. The van der Waals surface area contributed by atoms with Gasteiger partial charge in [-0.05, 0) is 37.0 Å². The number of hydrogen-bond acceptors (Lipinski definition) is 4. The van der Waals surface area contributed by atoms with Crippen LogP contribution in [0.5, 0.6) is 0 Å². The van der Waals surface area contributed by atoms with Crippen LogP contribution in [0.15, 0.2) is 28.7 Å². The third kappa shape index (κ3) is 7.65. The minimum absolute atomic E-state index is 0.144. The molecule has 1 aromatic carbocycles. The van der Waals surface area contributed by atoms with Crippen LogP contribution in [0.4, 0.5) is 0 Å². The number of hydrogen-bond donors (Lipinski definition) is 0. The molecular formula is C22H33BrO4. The molecular weight excluding hydrogens is 408 g/mol. The molecule has 0 unspecified atom stereocenters. The number of unbranched alkanes of at least 4 members (excludes halogenated alkanes) is 5. The van der Waals surface area contributed by atoms with Crippen LogP contribution in [0.3, 0.4) is 0 Å². The van der Waals surface area contributed by atoms with E-state index >= 15 is 0 Å². The maximum atomic E-state index is 12.7. The molecule has 0 radical (unpaired) electrons. The molecule has 0 N–H and O–H groups in total. The first-order valence-corrected chi connectivity index (χ1v) is 10.9. The zero-order chi connectivity index (χ0) is 20.1. The van der Waals surface area contributed by atoms with E-state index < -0.39 is 17.4 Å². The zero-order valence-electron chi connectivity index (χ0n) is 16.9. The summed E-state index contributed by atoms with van der Waals surface area (Å²) < 4.78 is 11.8. The second kappa shape index (κ2) is 12.9. The van der Waals surface area contributed by atoms with Crippen molar-refractivity contribution in [3.8, 4) is 0 Å². The molecule has 0 heterocycles. The van der Waals surface area contributed by atoms with Gasteiger partial charge >= 0.3 is 11.9 Å². The van der Waals surface area contributed by atoms with E-state index in [0.29, 0.717) is 19.4 Å². The van der Waals surface area contributed by atoms with Crippen molar-refractivity contribution in [2.24, 2.45) is 5.41 Å². The van der Waals surface area contributed by atoms with Gasteiger partial charge in [-0.15, -0.1) is 0 Å². The Balaban J connectivity index is 2.54. The number of esters is 2. The van der Waals surface area contributed by atoms with Crippen LogP contribution in [0.25, 0.3) is 0 Å². The van der Waals surface area contributed by atoms with E-state index in [2.05, 4.69) is 22.9 Å². The van der Waals surface area contributed by atoms with E-state index in [1.165, 1.54) is 19.3 Å². The molecule has 0 aliphatic carbocycles. The van der Waals surface area contributed by atoms with Gasteiger partial charge in [0.15, 0.2) is 5.41 Å². The summed E-state index contributed by atoms with van der Waals surface area (Å²) in [5.41, 5.74) is -0.340. The molecule has 0 spiro atoms. The Kier molecular flexibility index (Phi) is 11.3. The summed E-state index contributed by atoms with van der Waals surface area (Å²) in [6, 6.07) is 7.57. The molecule has 0 atom stereocenters. The minimum Gasteiger partial charge on any atom is -0.465 e. The number of ether oxygens (including phenoxy) is 2. The summed E-state index contributed by atoms with van der Waals surface area (Å²) in [6.07, 6.45) is 7.47. The highest BCUT2D eigenvalue weighted by Crippen LogP contribution is 2.31. The minimum atomic E-state index is -1.21. The Bertz CT molecular complexity index is 581. The first-order chi connectivity index (χ1) is 13.0. The van der Waals surface area contributed by atoms with Crippen LogP contribution in [0.2, 0.25) is 0 Å². The first kappa shape index (κ1) is 23.7. The zero-order valence-corrected chi connectivity index (χ0v) is 18.5. The van der Waals surface area contributed by atoms with Gasteiger partial charge in [0, 0.05) is 4.47 Å². The lowest BCUT2D eigenvalue weighted by Crippen LogP contribution is -2.41. The van der Waals surface area contributed by atoms with E-state index in [-0.39, 0.29) is 6.61 Å². The third-order valence-electron chi connectivity index (χ3n) is 4.98. The fourth-order valence-corrected chi connectivity index (χ4v) is 3.46. The third-order valence-corrected chi connectivity index (χ3v) is 5.47. The molecule has 0 saturated carbocycles. The molecule has 0 bridgehead atoms. The molecule has 0 fully saturated rings. The molecule has 5 heteroatoms. The molecule has 152 valence electrons. The van der Waals surface area contributed by atoms with Gasteiger partial charge in [-0.2, -0.15) is 0 Å². The van der Waals surface area contributed by atoms with Crippen LogP contribution in [0.1, 0.15) is 77.7 Å². The monoisotopic (exact) mass is 440 g/mol. The lowest BCUT2D eigenvalue weighted by Gasteiger charge is -2.27. The van der Waals surface area contributed by atoms with Crippen LogP contribution < -0.4 is 0 Å². The summed E-state index contributed by atoms with van der Waals surface area (Å²) in [6.45, 7) is 6.36. The Morgan fingerprint density at radius 2 is 1.56 bits per heavy atom. The van der Waals surface area contributed by atoms with Crippen molar-refractivity contribution in [1.82, 2.24) is 0 Å². The molecule has 4 nitrogen and oxygen atoms in total. The van der Waals surface area contributed by atoms with Crippen molar-refractivity contribution >= 4 is 27.9 Å². The van der Waals surface area contributed by atoms with E-state index in [1.54, 1.807) is 0 Å². The summed E-state index contributed by atoms with van der Waals surface area (Å²) in [4.78, 5) is 25.3. The van der Waals surface area contributed by atoms with Crippen molar-refractivity contribution < 1.29 is 19.1 Å². The summed E-state index contributed by atoms with van der Waals surface area (Å²) in [7, 11) is 0. The molecule has 0 amide bonds. The summed E-state index contributed by atoms with van der Waals surface area (Å²) >= 11 is 3.40. The van der Waals surface area contributed by atoms with Gasteiger partial charge in [0.25, 0.3) is 0 Å². The topological polar surface area (TPSA) is 52.6 Å². The van der Waals surface area contributed by atoms with Crippen molar-refractivity contribution in [1.29, 1.82) is 0 Å². The van der Waals surface area contributed by atoms with Gasteiger partial charge < -0.3 is 9.47 Å². The predicted octanol–water partition coefficient (Wildman–Crippen LogP) is 6.20. The van der Waals surface area contributed by atoms with Crippen molar-refractivity contribution in [3.05, 3.63) is 34.3 Å². The van der Waals surface area contributed by atoms with Crippen molar-refractivity contribution in [2.75, 3.05) is 6.61 Å². The highest BCUT2D eigenvalue weighted by atomic mass is 79.9. The predicted molar refractivity (Wildman–Crippen MR) is 111 cm³/mol. The average molecular weight is 441 g/mol. The smallest absolute Gasteiger partial charge is 0.323 e. The molecule has 1 aromatic rings. The van der Waals surface area contributed by atoms with Gasteiger partial charge in [-0.3, -0.25) is 9.59 Å². The quantitative estimate of drug-likeness (QED) is 0.208. The Morgan fingerprint density at radius 1 is 0.926 bits per heavy atom. The van der Waals surface area contributed by atoms with Crippen molar-refractivity contribution in [3.63, 3.8) is 0 Å². The number of carbonyl (C=O) groups excluding carboxylic acids is 2. The molecule has 0 saturated heterocycles. The molecule has 0 aromatic heterocycles.